The quantitative estimate of drug-likeness (QED) is 0.760. The number of aliphatic hydroxyl groups excluding tert-OH is 1. The third-order valence-electron chi connectivity index (χ3n) is 2.91. The van der Waals surface area contributed by atoms with Gasteiger partial charge in [0.2, 0.25) is 0 Å². The van der Waals surface area contributed by atoms with E-state index in [1.807, 2.05) is 13.0 Å². The third-order valence-corrected chi connectivity index (χ3v) is 2.91. The van der Waals surface area contributed by atoms with Crippen molar-refractivity contribution in [3.63, 3.8) is 0 Å². The molecule has 0 radical (unpaired) electrons. The molecule has 96 valence electrons. The van der Waals surface area contributed by atoms with Crippen molar-refractivity contribution < 1.29 is 9.50 Å². The van der Waals surface area contributed by atoms with Crippen molar-refractivity contribution in [3.05, 3.63) is 35.6 Å². The lowest BCUT2D eigenvalue weighted by Gasteiger charge is -2.30. The first-order chi connectivity index (χ1) is 8.22. The van der Waals surface area contributed by atoms with Gasteiger partial charge in [-0.25, -0.2) is 4.39 Å². The van der Waals surface area contributed by atoms with E-state index in [0.29, 0.717) is 13.0 Å². The third kappa shape index (κ3) is 4.07. The van der Waals surface area contributed by atoms with E-state index in [1.54, 1.807) is 6.07 Å². The van der Waals surface area contributed by atoms with Crippen molar-refractivity contribution in [2.24, 2.45) is 5.73 Å². The summed E-state index contributed by atoms with van der Waals surface area (Å²) in [6, 6.07) is 6.57. The Morgan fingerprint density at radius 2 is 2.24 bits per heavy atom. The van der Waals surface area contributed by atoms with E-state index in [-0.39, 0.29) is 18.5 Å². The molecule has 1 aromatic rings. The van der Waals surface area contributed by atoms with Crippen LogP contribution in [0.3, 0.4) is 0 Å². The lowest BCUT2D eigenvalue weighted by Crippen LogP contribution is -2.34. The Balaban J connectivity index is 2.81. The zero-order valence-corrected chi connectivity index (χ0v) is 10.3. The van der Waals surface area contributed by atoms with E-state index in [0.717, 1.165) is 18.7 Å². The summed E-state index contributed by atoms with van der Waals surface area (Å²) < 4.78 is 13.2. The summed E-state index contributed by atoms with van der Waals surface area (Å²) in [5, 5.41) is 8.86. The van der Waals surface area contributed by atoms with Crippen LogP contribution in [-0.2, 0) is 0 Å². The Labute approximate surface area is 102 Å². The molecular weight excluding hydrogens is 219 g/mol. The highest BCUT2D eigenvalue weighted by Crippen LogP contribution is 2.20. The van der Waals surface area contributed by atoms with Crippen molar-refractivity contribution in [3.8, 4) is 0 Å². The molecule has 0 saturated carbocycles. The average Bonchev–Trinajstić information content (AvgIpc) is 2.34. The molecule has 0 amide bonds. The topological polar surface area (TPSA) is 49.5 Å². The van der Waals surface area contributed by atoms with Gasteiger partial charge < -0.3 is 10.8 Å². The normalized spacial score (nSPS) is 13.0. The van der Waals surface area contributed by atoms with Gasteiger partial charge in [0.1, 0.15) is 5.82 Å². The van der Waals surface area contributed by atoms with Gasteiger partial charge in [-0.15, -0.1) is 0 Å². The fraction of sp³-hybridized carbons (Fsp3) is 0.538. The van der Waals surface area contributed by atoms with E-state index >= 15 is 0 Å². The predicted molar refractivity (Wildman–Crippen MR) is 67.1 cm³/mol. The molecule has 4 heteroatoms. The Kier molecular flexibility index (Phi) is 6.11. The molecule has 1 atom stereocenters. The van der Waals surface area contributed by atoms with Crippen molar-refractivity contribution in [2.45, 2.75) is 19.4 Å². The van der Waals surface area contributed by atoms with Gasteiger partial charge in [-0.1, -0.05) is 19.1 Å². The predicted octanol–water partition coefficient (Wildman–Crippen LogP) is 1.53. The maximum absolute atomic E-state index is 13.2. The standard InChI is InChI=1S/C13H21FN2O/c1-2-16(7-4-8-17)13(10-15)11-5-3-6-12(14)9-11/h3,5-6,9,13,17H,2,4,7-8,10,15H2,1H3. The number of nitrogens with two attached hydrogens (primary N) is 1. The second-order valence-electron chi connectivity index (χ2n) is 4.01. The van der Waals surface area contributed by atoms with Crippen LogP contribution in [0.25, 0.3) is 0 Å². The van der Waals surface area contributed by atoms with Crippen LogP contribution in [0.2, 0.25) is 0 Å². The zero-order valence-electron chi connectivity index (χ0n) is 10.3. The first kappa shape index (κ1) is 14.1. The first-order valence-electron chi connectivity index (χ1n) is 6.03. The van der Waals surface area contributed by atoms with Crippen LogP contribution < -0.4 is 5.73 Å². The Bertz CT molecular complexity index is 333. The number of halogens is 1. The van der Waals surface area contributed by atoms with E-state index < -0.39 is 0 Å². The van der Waals surface area contributed by atoms with Crippen molar-refractivity contribution in [1.82, 2.24) is 4.90 Å². The molecule has 17 heavy (non-hydrogen) atoms. The number of likely N-dealkylation sites (N-methyl/N-ethyl adjacent to an activating group) is 1. The SMILES string of the molecule is CCN(CCCO)C(CN)c1cccc(F)c1. The van der Waals surface area contributed by atoms with Gasteiger partial charge in [-0.05, 0) is 30.7 Å². The van der Waals surface area contributed by atoms with Crippen LogP contribution in [0, 0.1) is 5.82 Å². The van der Waals surface area contributed by atoms with E-state index in [4.69, 9.17) is 10.8 Å². The molecule has 0 heterocycles. The average molecular weight is 240 g/mol. The molecule has 1 rings (SSSR count). The van der Waals surface area contributed by atoms with Gasteiger partial charge in [-0.2, -0.15) is 0 Å². The molecule has 0 aliphatic carbocycles. The van der Waals surface area contributed by atoms with Crippen LogP contribution >= 0.6 is 0 Å². The zero-order chi connectivity index (χ0) is 12.7. The van der Waals surface area contributed by atoms with Crippen molar-refractivity contribution in [2.75, 3.05) is 26.2 Å². The highest BCUT2D eigenvalue weighted by Gasteiger charge is 2.17. The summed E-state index contributed by atoms with van der Waals surface area (Å²) in [4.78, 5) is 2.16. The van der Waals surface area contributed by atoms with E-state index in [2.05, 4.69) is 4.90 Å². The van der Waals surface area contributed by atoms with Crippen LogP contribution in [0.1, 0.15) is 24.9 Å². The fourth-order valence-corrected chi connectivity index (χ4v) is 2.02. The number of rotatable bonds is 7. The Hall–Kier alpha value is -0.970. The molecule has 3 N–H and O–H groups in total. The maximum Gasteiger partial charge on any atom is 0.123 e. The number of nitrogens with zero attached hydrogens (tertiary/aromatic N) is 1. The van der Waals surface area contributed by atoms with E-state index in [1.165, 1.54) is 12.1 Å². The van der Waals surface area contributed by atoms with Gasteiger partial charge in [-0.3, -0.25) is 4.90 Å². The lowest BCUT2D eigenvalue weighted by molar-refractivity contribution is 0.185. The molecule has 1 unspecified atom stereocenters. The van der Waals surface area contributed by atoms with Gasteiger partial charge in [0, 0.05) is 25.7 Å². The van der Waals surface area contributed by atoms with Gasteiger partial charge in [0.25, 0.3) is 0 Å². The number of hydrogen-bond donors (Lipinski definition) is 2. The van der Waals surface area contributed by atoms with Crippen LogP contribution in [-0.4, -0.2) is 36.2 Å². The van der Waals surface area contributed by atoms with Crippen LogP contribution in [0.5, 0.6) is 0 Å². The number of hydrogen-bond acceptors (Lipinski definition) is 3. The minimum Gasteiger partial charge on any atom is -0.396 e. The molecule has 1 aromatic carbocycles. The van der Waals surface area contributed by atoms with Crippen molar-refractivity contribution >= 4 is 0 Å². The summed E-state index contributed by atoms with van der Waals surface area (Å²) in [5.74, 6) is -0.237. The molecule has 0 spiro atoms. The van der Waals surface area contributed by atoms with Crippen LogP contribution in [0.15, 0.2) is 24.3 Å². The van der Waals surface area contributed by atoms with E-state index in [9.17, 15) is 4.39 Å². The molecular formula is C13H21FN2O. The molecule has 0 aliphatic heterocycles. The Morgan fingerprint density at radius 3 is 2.76 bits per heavy atom. The summed E-state index contributed by atoms with van der Waals surface area (Å²) in [5.41, 5.74) is 6.67. The van der Waals surface area contributed by atoms with Gasteiger partial charge >= 0.3 is 0 Å². The van der Waals surface area contributed by atoms with Gasteiger partial charge in [0.15, 0.2) is 0 Å². The highest BCUT2D eigenvalue weighted by molar-refractivity contribution is 5.20. The minimum absolute atomic E-state index is 0.0160. The highest BCUT2D eigenvalue weighted by atomic mass is 19.1. The summed E-state index contributed by atoms with van der Waals surface area (Å²) in [6.45, 7) is 4.25. The molecule has 0 fully saturated rings. The second-order valence-corrected chi connectivity index (χ2v) is 4.01. The minimum atomic E-state index is -0.237. The smallest absolute Gasteiger partial charge is 0.123 e. The largest absolute Gasteiger partial charge is 0.396 e. The van der Waals surface area contributed by atoms with Gasteiger partial charge in [0.05, 0.1) is 0 Å². The Morgan fingerprint density at radius 1 is 1.47 bits per heavy atom. The first-order valence-corrected chi connectivity index (χ1v) is 6.03. The summed E-state index contributed by atoms with van der Waals surface area (Å²) in [7, 11) is 0. The molecule has 0 saturated heterocycles. The summed E-state index contributed by atoms with van der Waals surface area (Å²) in [6.07, 6.45) is 0.708. The molecule has 0 aliphatic rings. The number of aliphatic hydroxyl groups is 1. The van der Waals surface area contributed by atoms with Crippen molar-refractivity contribution in [1.29, 1.82) is 0 Å². The summed E-state index contributed by atoms with van der Waals surface area (Å²) >= 11 is 0. The monoisotopic (exact) mass is 240 g/mol. The fourth-order valence-electron chi connectivity index (χ4n) is 2.02. The molecule has 0 bridgehead atoms. The molecule has 3 nitrogen and oxygen atoms in total. The number of benzene rings is 1. The second kappa shape index (κ2) is 7.37. The lowest BCUT2D eigenvalue weighted by atomic mass is 10.0. The molecule has 0 aromatic heterocycles. The maximum atomic E-state index is 13.2. The van der Waals surface area contributed by atoms with Crippen LogP contribution in [0.4, 0.5) is 4.39 Å².